The van der Waals surface area contributed by atoms with Gasteiger partial charge in [-0.1, -0.05) is 42.5 Å². The lowest BCUT2D eigenvalue weighted by molar-refractivity contribution is -0.127. The van der Waals surface area contributed by atoms with Crippen molar-refractivity contribution in [2.45, 2.75) is 26.3 Å². The maximum absolute atomic E-state index is 12.3. The molecule has 5 nitrogen and oxygen atoms in total. The first-order chi connectivity index (χ1) is 11.4. The van der Waals surface area contributed by atoms with Crippen molar-refractivity contribution >= 4 is 11.9 Å². The predicted octanol–water partition coefficient (Wildman–Crippen LogP) is 2.81. The maximum atomic E-state index is 12.3. The third-order valence-electron chi connectivity index (χ3n) is 4.48. The highest BCUT2D eigenvalue weighted by atomic mass is 16.2. The van der Waals surface area contributed by atoms with Crippen LogP contribution in [0.2, 0.25) is 0 Å². The van der Waals surface area contributed by atoms with Crippen molar-refractivity contribution in [3.8, 4) is 0 Å². The third kappa shape index (κ3) is 4.16. The van der Waals surface area contributed by atoms with E-state index in [0.29, 0.717) is 26.1 Å². The molecule has 5 heteroatoms. The molecule has 0 unspecified atom stereocenters. The van der Waals surface area contributed by atoms with E-state index in [9.17, 15) is 9.59 Å². The first-order valence-corrected chi connectivity index (χ1v) is 8.41. The summed E-state index contributed by atoms with van der Waals surface area (Å²) in [6.07, 6.45) is 0.461. The van der Waals surface area contributed by atoms with Crippen LogP contribution in [0.5, 0.6) is 0 Å². The topological polar surface area (TPSA) is 52.7 Å². The summed E-state index contributed by atoms with van der Waals surface area (Å²) in [5.41, 5.74) is 2.06. The number of urea groups is 1. The van der Waals surface area contributed by atoms with E-state index in [4.69, 9.17) is 0 Å². The molecule has 1 heterocycles. The first kappa shape index (κ1) is 18.0. The molecule has 1 saturated heterocycles. The molecule has 1 fully saturated rings. The number of likely N-dealkylation sites (N-methyl/N-ethyl adjacent to an activating group) is 1. The van der Waals surface area contributed by atoms with Gasteiger partial charge < -0.3 is 15.1 Å². The van der Waals surface area contributed by atoms with Gasteiger partial charge in [0.15, 0.2) is 0 Å². The SMILES string of the molecule is C=C(C)CN(CC)C(=O)NC[C@@H]1CC(=O)N(C)[C@@H]1c1ccccc1. The van der Waals surface area contributed by atoms with Crippen LogP contribution in [-0.4, -0.2) is 48.4 Å². The van der Waals surface area contributed by atoms with E-state index >= 15 is 0 Å². The van der Waals surface area contributed by atoms with Crippen LogP contribution in [0.25, 0.3) is 0 Å². The molecular formula is C19H27N3O2. The maximum Gasteiger partial charge on any atom is 0.317 e. The average Bonchev–Trinajstić information content (AvgIpc) is 2.85. The fraction of sp³-hybridized carbons (Fsp3) is 0.474. The number of carbonyl (C=O) groups is 2. The molecule has 2 atom stereocenters. The number of hydrogen-bond acceptors (Lipinski definition) is 2. The zero-order chi connectivity index (χ0) is 17.7. The van der Waals surface area contributed by atoms with Crippen molar-refractivity contribution < 1.29 is 9.59 Å². The van der Waals surface area contributed by atoms with Gasteiger partial charge in [0, 0.05) is 39.0 Å². The van der Waals surface area contributed by atoms with Crippen LogP contribution in [0.4, 0.5) is 4.79 Å². The molecule has 24 heavy (non-hydrogen) atoms. The van der Waals surface area contributed by atoms with Crippen LogP contribution in [-0.2, 0) is 4.79 Å². The van der Waals surface area contributed by atoms with Crippen LogP contribution >= 0.6 is 0 Å². The molecule has 1 aromatic rings. The van der Waals surface area contributed by atoms with Crippen molar-refractivity contribution in [2.75, 3.05) is 26.7 Å². The molecule has 0 aromatic heterocycles. The van der Waals surface area contributed by atoms with Gasteiger partial charge >= 0.3 is 6.03 Å². The van der Waals surface area contributed by atoms with Gasteiger partial charge in [0.25, 0.3) is 0 Å². The Balaban J connectivity index is 2.03. The lowest BCUT2D eigenvalue weighted by Gasteiger charge is -2.27. The van der Waals surface area contributed by atoms with Crippen LogP contribution in [0.1, 0.15) is 31.9 Å². The molecule has 0 saturated carbocycles. The fourth-order valence-corrected chi connectivity index (χ4v) is 3.26. The van der Waals surface area contributed by atoms with Crippen LogP contribution in [0.3, 0.4) is 0 Å². The molecule has 0 aliphatic carbocycles. The molecule has 2 rings (SSSR count). The second-order valence-corrected chi connectivity index (χ2v) is 6.48. The summed E-state index contributed by atoms with van der Waals surface area (Å²) < 4.78 is 0. The number of nitrogens with zero attached hydrogens (tertiary/aromatic N) is 2. The van der Waals surface area contributed by atoms with Gasteiger partial charge in [-0.15, -0.1) is 0 Å². The third-order valence-corrected chi connectivity index (χ3v) is 4.48. The van der Waals surface area contributed by atoms with E-state index in [1.54, 1.807) is 9.80 Å². The zero-order valence-electron chi connectivity index (χ0n) is 14.8. The van der Waals surface area contributed by atoms with Gasteiger partial charge in [-0.05, 0) is 19.4 Å². The number of rotatable bonds is 6. The molecule has 1 aromatic carbocycles. The van der Waals surface area contributed by atoms with Crippen LogP contribution in [0, 0.1) is 5.92 Å². The Morgan fingerprint density at radius 3 is 2.62 bits per heavy atom. The summed E-state index contributed by atoms with van der Waals surface area (Å²) in [5.74, 6) is 0.203. The normalized spacial score (nSPS) is 20.1. The molecule has 0 bridgehead atoms. The second-order valence-electron chi connectivity index (χ2n) is 6.48. The quantitative estimate of drug-likeness (QED) is 0.816. The predicted molar refractivity (Wildman–Crippen MR) is 95.5 cm³/mol. The van der Waals surface area contributed by atoms with E-state index in [0.717, 1.165) is 11.1 Å². The lowest BCUT2D eigenvalue weighted by atomic mass is 9.94. The number of nitrogens with one attached hydrogen (secondary N) is 1. The summed E-state index contributed by atoms with van der Waals surface area (Å²) in [4.78, 5) is 28.0. The summed E-state index contributed by atoms with van der Waals surface area (Å²) in [5, 5.41) is 2.99. The van der Waals surface area contributed by atoms with E-state index < -0.39 is 0 Å². The Morgan fingerprint density at radius 1 is 1.38 bits per heavy atom. The van der Waals surface area contributed by atoms with E-state index in [2.05, 4.69) is 11.9 Å². The number of hydrogen-bond donors (Lipinski definition) is 1. The number of amides is 3. The number of carbonyl (C=O) groups excluding carboxylic acids is 2. The Kier molecular flexibility index (Phi) is 6.01. The van der Waals surface area contributed by atoms with Crippen molar-refractivity contribution in [1.82, 2.24) is 15.1 Å². The molecule has 3 amide bonds. The largest absolute Gasteiger partial charge is 0.338 e. The minimum atomic E-state index is -0.102. The average molecular weight is 329 g/mol. The molecule has 1 N–H and O–H groups in total. The highest BCUT2D eigenvalue weighted by Gasteiger charge is 2.38. The Labute approximate surface area is 144 Å². The summed E-state index contributed by atoms with van der Waals surface area (Å²) in [6.45, 7) is 9.38. The summed E-state index contributed by atoms with van der Waals surface area (Å²) >= 11 is 0. The Bertz CT molecular complexity index is 600. The van der Waals surface area contributed by atoms with E-state index in [-0.39, 0.29) is 23.9 Å². The van der Waals surface area contributed by atoms with Gasteiger partial charge in [-0.3, -0.25) is 4.79 Å². The summed E-state index contributed by atoms with van der Waals surface area (Å²) in [6, 6.07) is 9.90. The second kappa shape index (κ2) is 7.99. The van der Waals surface area contributed by atoms with Gasteiger partial charge in [0.2, 0.25) is 5.91 Å². The van der Waals surface area contributed by atoms with Crippen molar-refractivity contribution in [3.05, 3.63) is 48.0 Å². The molecule has 1 aliphatic heterocycles. The fourth-order valence-electron chi connectivity index (χ4n) is 3.26. The highest BCUT2D eigenvalue weighted by Crippen LogP contribution is 2.36. The molecule has 130 valence electrons. The molecular weight excluding hydrogens is 302 g/mol. The standard InChI is InChI=1S/C19H27N3O2/c1-5-22(13-14(2)3)19(24)20-12-16-11-17(23)21(4)18(16)15-9-7-6-8-10-15/h6-10,16,18H,2,5,11-13H2,1,3-4H3,(H,20,24)/t16-,18+/m0/s1. The van der Waals surface area contributed by atoms with E-state index in [1.807, 2.05) is 51.2 Å². The zero-order valence-corrected chi connectivity index (χ0v) is 14.8. The van der Waals surface area contributed by atoms with Crippen LogP contribution < -0.4 is 5.32 Å². The first-order valence-electron chi connectivity index (χ1n) is 8.41. The number of likely N-dealkylation sites (tertiary alicyclic amines) is 1. The molecule has 1 aliphatic rings. The Hall–Kier alpha value is -2.30. The number of benzene rings is 1. The van der Waals surface area contributed by atoms with Crippen molar-refractivity contribution in [1.29, 1.82) is 0 Å². The van der Waals surface area contributed by atoms with E-state index in [1.165, 1.54) is 0 Å². The van der Waals surface area contributed by atoms with Crippen LogP contribution in [0.15, 0.2) is 42.5 Å². The van der Waals surface area contributed by atoms with Crippen molar-refractivity contribution in [3.63, 3.8) is 0 Å². The minimum absolute atomic E-state index is 0.00946. The highest BCUT2D eigenvalue weighted by molar-refractivity contribution is 5.80. The lowest BCUT2D eigenvalue weighted by Crippen LogP contribution is -2.43. The molecule has 0 radical (unpaired) electrons. The summed E-state index contributed by atoms with van der Waals surface area (Å²) in [7, 11) is 1.83. The van der Waals surface area contributed by atoms with Gasteiger partial charge in [-0.25, -0.2) is 4.79 Å². The van der Waals surface area contributed by atoms with Gasteiger partial charge in [0.05, 0.1) is 6.04 Å². The smallest absolute Gasteiger partial charge is 0.317 e. The minimum Gasteiger partial charge on any atom is -0.338 e. The monoisotopic (exact) mass is 329 g/mol. The Morgan fingerprint density at radius 2 is 2.04 bits per heavy atom. The van der Waals surface area contributed by atoms with Gasteiger partial charge in [0.1, 0.15) is 0 Å². The van der Waals surface area contributed by atoms with Gasteiger partial charge in [-0.2, -0.15) is 0 Å². The van der Waals surface area contributed by atoms with Crippen molar-refractivity contribution in [2.24, 2.45) is 5.92 Å². The molecule has 0 spiro atoms.